The van der Waals surface area contributed by atoms with Gasteiger partial charge in [-0.3, -0.25) is 9.36 Å². The first-order chi connectivity index (χ1) is 17.1. The Morgan fingerprint density at radius 3 is 2.60 bits per heavy atom. The normalized spacial score (nSPS) is 13.6. The molecule has 0 aliphatic heterocycles. The average Bonchev–Trinajstić information content (AvgIpc) is 3.43. The minimum absolute atomic E-state index is 0.0541. The number of rotatable bonds is 6. The standard InChI is InChI=1S/C29H27N3O2S/c1-18-26(12-13-30-22-14-20-7-2-3-8-21(20)15-22)35-28-27(18)29(34)32(17-31-28)16-24-23-9-5-4-6-19(23)10-11-25(24)33/h2-11,17,22,30,33H,12-16H2,1H3. The summed E-state index contributed by atoms with van der Waals surface area (Å²) in [5, 5.41) is 16.9. The van der Waals surface area contributed by atoms with Gasteiger partial charge in [-0.25, -0.2) is 4.98 Å². The van der Waals surface area contributed by atoms with Crippen LogP contribution in [0.25, 0.3) is 21.0 Å². The number of nitrogens with one attached hydrogen (secondary N) is 1. The molecule has 0 radical (unpaired) electrons. The largest absolute Gasteiger partial charge is 0.508 e. The Hall–Kier alpha value is -3.48. The Morgan fingerprint density at radius 2 is 1.80 bits per heavy atom. The highest BCUT2D eigenvalue weighted by Gasteiger charge is 2.21. The third-order valence-electron chi connectivity index (χ3n) is 7.20. The van der Waals surface area contributed by atoms with Crippen LogP contribution in [0, 0.1) is 6.92 Å². The quantitative estimate of drug-likeness (QED) is 0.359. The summed E-state index contributed by atoms with van der Waals surface area (Å²) >= 11 is 1.61. The number of hydrogen-bond acceptors (Lipinski definition) is 5. The molecule has 0 atom stereocenters. The fraction of sp³-hybridized carbons (Fsp3) is 0.241. The molecule has 35 heavy (non-hydrogen) atoms. The molecule has 0 unspecified atom stereocenters. The molecule has 2 aromatic heterocycles. The smallest absolute Gasteiger partial charge is 0.262 e. The van der Waals surface area contributed by atoms with Crippen LogP contribution < -0.4 is 10.9 Å². The van der Waals surface area contributed by atoms with Crippen LogP contribution in [-0.4, -0.2) is 27.2 Å². The number of aromatic nitrogens is 2. The molecule has 176 valence electrons. The minimum atomic E-state index is -0.0541. The molecule has 6 rings (SSSR count). The van der Waals surface area contributed by atoms with E-state index in [9.17, 15) is 9.90 Å². The lowest BCUT2D eigenvalue weighted by atomic mass is 10.0. The highest BCUT2D eigenvalue weighted by atomic mass is 32.1. The lowest BCUT2D eigenvalue weighted by molar-refractivity contribution is 0.466. The first kappa shape index (κ1) is 22.0. The molecule has 0 saturated heterocycles. The van der Waals surface area contributed by atoms with E-state index in [2.05, 4.69) is 34.6 Å². The van der Waals surface area contributed by atoms with Crippen LogP contribution in [0.2, 0.25) is 0 Å². The van der Waals surface area contributed by atoms with Gasteiger partial charge in [-0.15, -0.1) is 11.3 Å². The van der Waals surface area contributed by atoms with E-state index in [0.29, 0.717) is 11.4 Å². The van der Waals surface area contributed by atoms with Crippen molar-refractivity contribution in [2.24, 2.45) is 0 Å². The second kappa shape index (κ2) is 8.95. The van der Waals surface area contributed by atoms with Crippen LogP contribution in [0.15, 0.2) is 71.8 Å². The van der Waals surface area contributed by atoms with Crippen LogP contribution in [-0.2, 0) is 25.8 Å². The maximum Gasteiger partial charge on any atom is 0.262 e. The number of fused-ring (bicyclic) bond motifs is 3. The summed E-state index contributed by atoms with van der Waals surface area (Å²) in [5.41, 5.74) is 4.60. The van der Waals surface area contributed by atoms with Crippen molar-refractivity contribution in [2.45, 2.75) is 38.8 Å². The number of hydrogen-bond donors (Lipinski definition) is 2. The van der Waals surface area contributed by atoms with Gasteiger partial charge in [0.05, 0.1) is 18.3 Å². The van der Waals surface area contributed by atoms with Gasteiger partial charge < -0.3 is 10.4 Å². The van der Waals surface area contributed by atoms with E-state index in [4.69, 9.17) is 0 Å². The van der Waals surface area contributed by atoms with Gasteiger partial charge in [-0.2, -0.15) is 0 Å². The molecule has 5 nitrogen and oxygen atoms in total. The van der Waals surface area contributed by atoms with E-state index in [1.165, 1.54) is 16.0 Å². The monoisotopic (exact) mass is 481 g/mol. The van der Waals surface area contributed by atoms with E-state index in [1.807, 2.05) is 37.3 Å². The fourth-order valence-electron chi connectivity index (χ4n) is 5.31. The molecular weight excluding hydrogens is 454 g/mol. The topological polar surface area (TPSA) is 67.2 Å². The van der Waals surface area contributed by atoms with Crippen molar-refractivity contribution in [1.29, 1.82) is 0 Å². The third-order valence-corrected chi connectivity index (χ3v) is 8.46. The maximum atomic E-state index is 13.5. The number of nitrogens with zero attached hydrogens (tertiary/aromatic N) is 2. The van der Waals surface area contributed by atoms with Crippen LogP contribution >= 0.6 is 11.3 Å². The molecule has 1 aliphatic rings. The van der Waals surface area contributed by atoms with Crippen molar-refractivity contribution in [1.82, 2.24) is 14.9 Å². The van der Waals surface area contributed by atoms with E-state index < -0.39 is 0 Å². The molecular formula is C29H27N3O2S. The number of aromatic hydroxyl groups is 1. The summed E-state index contributed by atoms with van der Waals surface area (Å²) in [6, 6.07) is 20.6. The van der Waals surface area contributed by atoms with Gasteiger partial charge in [0.1, 0.15) is 10.6 Å². The van der Waals surface area contributed by atoms with Gasteiger partial charge in [-0.1, -0.05) is 54.6 Å². The van der Waals surface area contributed by atoms with E-state index >= 15 is 0 Å². The van der Waals surface area contributed by atoms with E-state index in [0.717, 1.165) is 52.5 Å². The molecule has 0 spiro atoms. The third kappa shape index (κ3) is 4.03. The molecule has 3 aromatic carbocycles. The summed E-state index contributed by atoms with van der Waals surface area (Å²) in [6.07, 6.45) is 4.65. The Bertz CT molecular complexity index is 1590. The number of thiophene rings is 1. The molecule has 0 amide bonds. The molecule has 0 saturated carbocycles. The molecule has 0 bridgehead atoms. The summed E-state index contributed by atoms with van der Waals surface area (Å²) in [7, 11) is 0. The van der Waals surface area contributed by atoms with Gasteiger partial charge in [0.25, 0.3) is 5.56 Å². The zero-order chi connectivity index (χ0) is 23.9. The Kier molecular flexibility index (Phi) is 5.63. The summed E-state index contributed by atoms with van der Waals surface area (Å²) < 4.78 is 1.61. The Morgan fingerprint density at radius 1 is 1.06 bits per heavy atom. The van der Waals surface area contributed by atoms with Gasteiger partial charge in [0.2, 0.25) is 0 Å². The number of phenols is 1. The first-order valence-electron chi connectivity index (χ1n) is 12.1. The van der Waals surface area contributed by atoms with Crippen LogP contribution in [0.1, 0.15) is 27.1 Å². The molecule has 2 N–H and O–H groups in total. The lowest BCUT2D eigenvalue weighted by Gasteiger charge is -2.11. The number of phenolic OH excluding ortho intramolecular Hbond substituents is 1. The lowest BCUT2D eigenvalue weighted by Crippen LogP contribution is -2.31. The molecule has 0 fully saturated rings. The highest BCUT2D eigenvalue weighted by Crippen LogP contribution is 2.30. The zero-order valence-corrected chi connectivity index (χ0v) is 20.4. The number of aryl methyl sites for hydroxylation is 1. The molecule has 2 heterocycles. The Labute approximate surface area is 207 Å². The molecule has 6 heteroatoms. The van der Waals surface area contributed by atoms with Crippen LogP contribution in [0.3, 0.4) is 0 Å². The summed E-state index contributed by atoms with van der Waals surface area (Å²) in [6.45, 7) is 3.19. The van der Waals surface area contributed by atoms with Gasteiger partial charge in [0, 0.05) is 23.0 Å². The van der Waals surface area contributed by atoms with Crippen molar-refractivity contribution < 1.29 is 5.11 Å². The van der Waals surface area contributed by atoms with Crippen molar-refractivity contribution in [3.63, 3.8) is 0 Å². The number of benzene rings is 3. The molecule has 1 aliphatic carbocycles. The predicted molar refractivity (Wildman–Crippen MR) is 143 cm³/mol. The van der Waals surface area contributed by atoms with Crippen LogP contribution in [0.4, 0.5) is 0 Å². The SMILES string of the molecule is Cc1c(CCNC2Cc3ccccc3C2)sc2ncn(Cc3c(O)ccc4ccccc34)c(=O)c12. The van der Waals surface area contributed by atoms with Crippen LogP contribution in [0.5, 0.6) is 5.75 Å². The van der Waals surface area contributed by atoms with Crippen molar-refractivity contribution >= 4 is 32.3 Å². The fourth-order valence-corrected chi connectivity index (χ4v) is 6.45. The maximum absolute atomic E-state index is 13.5. The van der Waals surface area contributed by atoms with E-state index in [1.54, 1.807) is 28.3 Å². The van der Waals surface area contributed by atoms with Crippen molar-refractivity contribution in [3.05, 3.63) is 104 Å². The predicted octanol–water partition coefficient (Wildman–Crippen LogP) is 4.97. The van der Waals surface area contributed by atoms with Gasteiger partial charge in [-0.05, 0) is 59.7 Å². The second-order valence-electron chi connectivity index (χ2n) is 9.37. The van der Waals surface area contributed by atoms with E-state index in [-0.39, 0.29) is 17.9 Å². The Balaban J connectivity index is 1.22. The minimum Gasteiger partial charge on any atom is -0.508 e. The van der Waals surface area contributed by atoms with Crippen molar-refractivity contribution in [2.75, 3.05) is 6.54 Å². The molecule has 5 aromatic rings. The van der Waals surface area contributed by atoms with Gasteiger partial charge in [0.15, 0.2) is 0 Å². The summed E-state index contributed by atoms with van der Waals surface area (Å²) in [5.74, 6) is 0.193. The van der Waals surface area contributed by atoms with Gasteiger partial charge >= 0.3 is 0 Å². The van der Waals surface area contributed by atoms with Crippen molar-refractivity contribution in [3.8, 4) is 5.75 Å². The highest BCUT2D eigenvalue weighted by molar-refractivity contribution is 7.18. The summed E-state index contributed by atoms with van der Waals surface area (Å²) in [4.78, 5) is 20.1. The average molecular weight is 482 g/mol. The first-order valence-corrected chi connectivity index (χ1v) is 12.9. The zero-order valence-electron chi connectivity index (χ0n) is 19.6. The second-order valence-corrected chi connectivity index (χ2v) is 10.5.